The van der Waals surface area contributed by atoms with Crippen molar-refractivity contribution in [3.63, 3.8) is 0 Å². The Morgan fingerprint density at radius 1 is 1.06 bits per heavy atom. The molecule has 1 aliphatic rings. The maximum Gasteiger partial charge on any atom is 0.129 e. The predicted octanol–water partition coefficient (Wildman–Crippen LogP) is 5.68. The van der Waals surface area contributed by atoms with E-state index >= 15 is 0 Å². The van der Waals surface area contributed by atoms with Crippen molar-refractivity contribution in [2.75, 3.05) is 13.7 Å². The minimum absolute atomic E-state index is 0.173. The predicted molar refractivity (Wildman–Crippen MR) is 123 cm³/mol. The van der Waals surface area contributed by atoms with Crippen LogP contribution in [0.2, 0.25) is 5.02 Å². The second kappa shape index (κ2) is 9.41. The summed E-state index contributed by atoms with van der Waals surface area (Å²) in [5, 5.41) is 14.6. The van der Waals surface area contributed by atoms with E-state index in [0.717, 1.165) is 33.9 Å². The van der Waals surface area contributed by atoms with Crippen LogP contribution in [-0.2, 0) is 0 Å². The number of halogens is 1. The Morgan fingerprint density at radius 3 is 2.58 bits per heavy atom. The van der Waals surface area contributed by atoms with E-state index in [1.54, 1.807) is 25.3 Å². The molecule has 0 bridgehead atoms. The average molecular weight is 437 g/mol. The van der Waals surface area contributed by atoms with Crippen molar-refractivity contribution < 1.29 is 14.6 Å². The quantitative estimate of drug-likeness (QED) is 0.522. The Labute approximate surface area is 187 Å². The third-order valence-corrected chi connectivity index (χ3v) is 5.57. The molecule has 0 radical (unpaired) electrons. The molecule has 2 atom stereocenters. The van der Waals surface area contributed by atoms with Crippen LogP contribution in [-0.4, -0.2) is 24.5 Å². The number of para-hydroxylation sites is 1. The molecule has 160 valence electrons. The standard InChI is InChI=1S/C25H25ClN2O3/c1-3-31-18-11-8-16(9-12-18)21-15-22(20-14-17(26)10-13-23(20)29)28-25(27-21)19-6-4-5-7-24(19)30-2/h4-14,22,25,28-29H,3,15H2,1-2H3/t22-,25-/m1/s1. The second-order valence-electron chi connectivity index (χ2n) is 7.30. The first-order valence-corrected chi connectivity index (χ1v) is 10.6. The summed E-state index contributed by atoms with van der Waals surface area (Å²) >= 11 is 6.23. The third kappa shape index (κ3) is 4.68. The highest BCUT2D eigenvalue weighted by Gasteiger charge is 2.29. The van der Waals surface area contributed by atoms with E-state index in [-0.39, 0.29) is 18.0 Å². The number of aliphatic imine (C=N–C) groups is 1. The Kier molecular flexibility index (Phi) is 6.44. The fraction of sp³-hybridized carbons (Fsp3) is 0.240. The number of hydrogen-bond acceptors (Lipinski definition) is 5. The molecular formula is C25H25ClN2O3. The normalized spacial score (nSPS) is 18.4. The summed E-state index contributed by atoms with van der Waals surface area (Å²) < 4.78 is 11.1. The zero-order valence-corrected chi connectivity index (χ0v) is 18.3. The summed E-state index contributed by atoms with van der Waals surface area (Å²) in [6.07, 6.45) is 0.267. The topological polar surface area (TPSA) is 63.1 Å². The number of phenols is 1. The highest BCUT2D eigenvalue weighted by molar-refractivity contribution is 6.30. The number of ether oxygens (including phenoxy) is 2. The van der Waals surface area contributed by atoms with Gasteiger partial charge in [0.2, 0.25) is 0 Å². The van der Waals surface area contributed by atoms with Gasteiger partial charge in [0, 0.05) is 34.3 Å². The summed E-state index contributed by atoms with van der Waals surface area (Å²) in [5.41, 5.74) is 3.61. The number of rotatable bonds is 6. The van der Waals surface area contributed by atoms with Gasteiger partial charge in [-0.3, -0.25) is 10.3 Å². The molecule has 3 aromatic rings. The van der Waals surface area contributed by atoms with Crippen molar-refractivity contribution in [2.24, 2.45) is 4.99 Å². The Morgan fingerprint density at radius 2 is 1.84 bits per heavy atom. The molecule has 0 saturated carbocycles. The first-order valence-electron chi connectivity index (χ1n) is 10.3. The second-order valence-corrected chi connectivity index (χ2v) is 7.74. The minimum Gasteiger partial charge on any atom is -0.508 e. The number of methoxy groups -OCH3 is 1. The molecule has 1 heterocycles. The molecule has 3 aromatic carbocycles. The summed E-state index contributed by atoms with van der Waals surface area (Å²) in [4.78, 5) is 5.00. The Hall–Kier alpha value is -3.02. The van der Waals surface area contributed by atoms with Crippen molar-refractivity contribution in [3.8, 4) is 17.2 Å². The lowest BCUT2D eigenvalue weighted by Crippen LogP contribution is -2.33. The fourth-order valence-corrected chi connectivity index (χ4v) is 4.03. The van der Waals surface area contributed by atoms with Crippen molar-refractivity contribution in [1.29, 1.82) is 0 Å². The van der Waals surface area contributed by atoms with Gasteiger partial charge < -0.3 is 14.6 Å². The number of benzene rings is 3. The van der Waals surface area contributed by atoms with Crippen LogP contribution in [0.15, 0.2) is 71.7 Å². The molecule has 4 rings (SSSR count). The van der Waals surface area contributed by atoms with Crippen LogP contribution >= 0.6 is 11.6 Å². The van der Waals surface area contributed by atoms with Gasteiger partial charge in [0.15, 0.2) is 0 Å². The van der Waals surface area contributed by atoms with Crippen LogP contribution in [0.3, 0.4) is 0 Å². The number of phenolic OH excluding ortho intramolecular Hbond substituents is 1. The van der Waals surface area contributed by atoms with E-state index in [1.165, 1.54) is 0 Å². The molecule has 0 unspecified atom stereocenters. The molecule has 31 heavy (non-hydrogen) atoms. The fourth-order valence-electron chi connectivity index (χ4n) is 3.85. The molecule has 0 fully saturated rings. The molecule has 0 saturated heterocycles. The van der Waals surface area contributed by atoms with Gasteiger partial charge in [-0.05, 0) is 61.0 Å². The SMILES string of the molecule is CCOc1ccc(C2=N[C@@H](c3ccccc3OC)N[C@@H](c3cc(Cl)ccc3O)C2)cc1. The highest BCUT2D eigenvalue weighted by atomic mass is 35.5. The zero-order chi connectivity index (χ0) is 21.8. The van der Waals surface area contributed by atoms with Gasteiger partial charge in [-0.2, -0.15) is 0 Å². The smallest absolute Gasteiger partial charge is 0.129 e. The van der Waals surface area contributed by atoms with Gasteiger partial charge in [-0.25, -0.2) is 0 Å². The van der Waals surface area contributed by atoms with Gasteiger partial charge in [0.1, 0.15) is 23.4 Å². The molecule has 0 aromatic heterocycles. The molecule has 0 spiro atoms. The first kappa shape index (κ1) is 21.2. The monoisotopic (exact) mass is 436 g/mol. The Balaban J connectivity index is 1.76. The number of hydrogen-bond donors (Lipinski definition) is 2. The van der Waals surface area contributed by atoms with Crippen molar-refractivity contribution in [2.45, 2.75) is 25.6 Å². The van der Waals surface area contributed by atoms with Crippen molar-refractivity contribution in [3.05, 3.63) is 88.4 Å². The van der Waals surface area contributed by atoms with Crippen LogP contribution in [0.5, 0.6) is 17.2 Å². The van der Waals surface area contributed by atoms with Crippen LogP contribution in [0.4, 0.5) is 0 Å². The zero-order valence-electron chi connectivity index (χ0n) is 17.5. The molecule has 6 heteroatoms. The number of nitrogens with zero attached hydrogens (tertiary/aromatic N) is 1. The molecule has 0 aliphatic carbocycles. The molecule has 1 aliphatic heterocycles. The number of nitrogens with one attached hydrogen (secondary N) is 1. The lowest BCUT2D eigenvalue weighted by atomic mass is 9.93. The van der Waals surface area contributed by atoms with Gasteiger partial charge >= 0.3 is 0 Å². The number of aromatic hydroxyl groups is 1. The maximum absolute atomic E-state index is 10.5. The van der Waals surface area contributed by atoms with E-state index in [9.17, 15) is 5.11 Å². The highest BCUT2D eigenvalue weighted by Crippen LogP contribution is 2.37. The summed E-state index contributed by atoms with van der Waals surface area (Å²) in [6.45, 7) is 2.58. The lowest BCUT2D eigenvalue weighted by molar-refractivity contribution is 0.340. The van der Waals surface area contributed by atoms with E-state index < -0.39 is 0 Å². The summed E-state index contributed by atoms with van der Waals surface area (Å²) in [6, 6.07) is 20.7. The van der Waals surface area contributed by atoms with Gasteiger partial charge in [-0.15, -0.1) is 0 Å². The van der Waals surface area contributed by atoms with Gasteiger partial charge in [-0.1, -0.05) is 29.8 Å². The Bertz CT molecular complexity index is 1080. The van der Waals surface area contributed by atoms with Gasteiger partial charge in [0.25, 0.3) is 0 Å². The van der Waals surface area contributed by atoms with E-state index in [2.05, 4.69) is 5.32 Å². The largest absolute Gasteiger partial charge is 0.508 e. The van der Waals surface area contributed by atoms with E-state index in [0.29, 0.717) is 18.1 Å². The van der Waals surface area contributed by atoms with Crippen LogP contribution < -0.4 is 14.8 Å². The molecule has 0 amide bonds. The van der Waals surface area contributed by atoms with Crippen molar-refractivity contribution >= 4 is 17.3 Å². The molecular weight excluding hydrogens is 412 g/mol. The minimum atomic E-state index is -0.338. The van der Waals surface area contributed by atoms with Crippen LogP contribution in [0, 0.1) is 0 Å². The maximum atomic E-state index is 10.5. The molecule has 2 N–H and O–H groups in total. The van der Waals surface area contributed by atoms with E-state index in [1.807, 2.05) is 55.5 Å². The van der Waals surface area contributed by atoms with Crippen molar-refractivity contribution in [1.82, 2.24) is 5.32 Å². The third-order valence-electron chi connectivity index (χ3n) is 5.34. The van der Waals surface area contributed by atoms with Gasteiger partial charge in [0.05, 0.1) is 13.7 Å². The van der Waals surface area contributed by atoms with Crippen LogP contribution in [0.25, 0.3) is 0 Å². The lowest BCUT2D eigenvalue weighted by Gasteiger charge is -2.31. The summed E-state index contributed by atoms with van der Waals surface area (Å²) in [5.74, 6) is 1.78. The summed E-state index contributed by atoms with van der Waals surface area (Å²) in [7, 11) is 1.65. The van der Waals surface area contributed by atoms with Crippen LogP contribution in [0.1, 0.15) is 42.2 Å². The first-order chi connectivity index (χ1) is 15.1. The molecule has 5 nitrogen and oxygen atoms in total. The van der Waals surface area contributed by atoms with E-state index in [4.69, 9.17) is 26.1 Å². The average Bonchev–Trinajstić information content (AvgIpc) is 2.81.